The molecular formula is C24H31N3O3. The summed E-state index contributed by atoms with van der Waals surface area (Å²) in [6.45, 7) is 4.71. The number of hydrogen-bond acceptors (Lipinski definition) is 5. The fourth-order valence-corrected chi connectivity index (χ4v) is 3.65. The van der Waals surface area contributed by atoms with E-state index in [1.807, 2.05) is 30.3 Å². The van der Waals surface area contributed by atoms with E-state index in [-0.39, 0.29) is 11.9 Å². The van der Waals surface area contributed by atoms with Gasteiger partial charge in [0, 0.05) is 56.9 Å². The Kier molecular flexibility index (Phi) is 8.27. The number of carbonyl (C=O) groups is 2. The Labute approximate surface area is 178 Å². The fourth-order valence-electron chi connectivity index (χ4n) is 3.65. The number of anilines is 2. The highest BCUT2D eigenvalue weighted by Crippen LogP contribution is 2.16. The predicted octanol–water partition coefficient (Wildman–Crippen LogP) is 3.33. The lowest BCUT2D eigenvalue weighted by Crippen LogP contribution is -2.47. The molecule has 30 heavy (non-hydrogen) atoms. The van der Waals surface area contributed by atoms with Gasteiger partial charge in [0.2, 0.25) is 5.91 Å². The molecule has 1 saturated heterocycles. The molecule has 0 aromatic heterocycles. The van der Waals surface area contributed by atoms with Crippen LogP contribution in [0.4, 0.5) is 11.4 Å². The molecule has 6 heteroatoms. The lowest BCUT2D eigenvalue weighted by Gasteiger charge is -2.36. The van der Waals surface area contributed by atoms with Crippen molar-refractivity contribution in [3.8, 4) is 0 Å². The van der Waals surface area contributed by atoms with Gasteiger partial charge in [0.15, 0.2) is 0 Å². The monoisotopic (exact) mass is 409 g/mol. The zero-order valence-corrected chi connectivity index (χ0v) is 17.7. The molecule has 0 unspecified atom stereocenters. The molecule has 1 heterocycles. The molecule has 1 amide bonds. The maximum Gasteiger partial charge on any atom is 0.305 e. The second-order valence-corrected chi connectivity index (χ2v) is 7.59. The van der Waals surface area contributed by atoms with Crippen LogP contribution in [0.1, 0.15) is 24.8 Å². The standard InChI is InChI=1S/C24H31N3O3/c1-30-24(29)9-5-6-20-10-12-21(13-11-20)25-23(28)14-15-26-16-18-27(19-17-26)22-7-3-2-4-8-22/h2-4,7-8,10-13H,5-6,9,14-19H2,1H3,(H,25,28). The van der Waals surface area contributed by atoms with E-state index >= 15 is 0 Å². The van der Waals surface area contributed by atoms with E-state index in [1.165, 1.54) is 12.8 Å². The van der Waals surface area contributed by atoms with E-state index in [9.17, 15) is 9.59 Å². The number of nitrogens with zero attached hydrogens (tertiary/aromatic N) is 2. The van der Waals surface area contributed by atoms with Crippen molar-refractivity contribution in [3.05, 3.63) is 60.2 Å². The van der Waals surface area contributed by atoms with Crippen molar-refractivity contribution < 1.29 is 14.3 Å². The molecule has 2 aromatic rings. The minimum Gasteiger partial charge on any atom is -0.469 e. The number of rotatable bonds is 9. The van der Waals surface area contributed by atoms with Gasteiger partial charge in [0.25, 0.3) is 0 Å². The van der Waals surface area contributed by atoms with Crippen LogP contribution in [0.15, 0.2) is 54.6 Å². The van der Waals surface area contributed by atoms with E-state index in [1.54, 1.807) is 0 Å². The van der Waals surface area contributed by atoms with Crippen LogP contribution < -0.4 is 10.2 Å². The highest BCUT2D eigenvalue weighted by Gasteiger charge is 2.17. The number of benzene rings is 2. The van der Waals surface area contributed by atoms with Gasteiger partial charge in [-0.2, -0.15) is 0 Å². The molecule has 1 N–H and O–H groups in total. The zero-order valence-electron chi connectivity index (χ0n) is 17.7. The second-order valence-electron chi connectivity index (χ2n) is 7.59. The Hall–Kier alpha value is -2.86. The average molecular weight is 410 g/mol. The second kappa shape index (κ2) is 11.4. The molecule has 1 aliphatic heterocycles. The first-order valence-corrected chi connectivity index (χ1v) is 10.6. The molecule has 0 radical (unpaired) electrons. The first-order valence-electron chi connectivity index (χ1n) is 10.6. The molecule has 0 atom stereocenters. The first-order chi connectivity index (χ1) is 14.6. The highest BCUT2D eigenvalue weighted by molar-refractivity contribution is 5.90. The largest absolute Gasteiger partial charge is 0.469 e. The highest BCUT2D eigenvalue weighted by atomic mass is 16.5. The van der Waals surface area contributed by atoms with Gasteiger partial charge in [-0.3, -0.25) is 14.5 Å². The van der Waals surface area contributed by atoms with E-state index in [4.69, 9.17) is 0 Å². The molecule has 0 spiro atoms. The summed E-state index contributed by atoms with van der Waals surface area (Å²) in [6, 6.07) is 18.3. The van der Waals surface area contributed by atoms with Crippen LogP contribution in [-0.4, -0.2) is 56.6 Å². The van der Waals surface area contributed by atoms with Gasteiger partial charge in [-0.15, -0.1) is 0 Å². The van der Waals surface area contributed by atoms with Gasteiger partial charge < -0.3 is 15.0 Å². The maximum atomic E-state index is 12.3. The minimum absolute atomic E-state index is 0.0407. The van der Waals surface area contributed by atoms with Crippen LogP contribution in [0.2, 0.25) is 0 Å². The Morgan fingerprint density at radius 1 is 0.933 bits per heavy atom. The number of esters is 1. The number of amides is 1. The van der Waals surface area contributed by atoms with Crippen molar-refractivity contribution in [3.63, 3.8) is 0 Å². The quantitative estimate of drug-likeness (QED) is 0.644. The normalized spacial score (nSPS) is 14.4. The van der Waals surface area contributed by atoms with E-state index < -0.39 is 0 Å². The van der Waals surface area contributed by atoms with Crippen LogP contribution in [0.5, 0.6) is 0 Å². The van der Waals surface area contributed by atoms with Crippen LogP contribution in [-0.2, 0) is 20.7 Å². The van der Waals surface area contributed by atoms with Gasteiger partial charge in [0.05, 0.1) is 7.11 Å². The number of methoxy groups -OCH3 is 1. The summed E-state index contributed by atoms with van der Waals surface area (Å²) >= 11 is 0. The molecule has 1 fully saturated rings. The topological polar surface area (TPSA) is 61.9 Å². The van der Waals surface area contributed by atoms with Gasteiger partial charge in [-0.1, -0.05) is 30.3 Å². The Morgan fingerprint density at radius 2 is 1.63 bits per heavy atom. The van der Waals surface area contributed by atoms with Crippen LogP contribution >= 0.6 is 0 Å². The summed E-state index contributed by atoms with van der Waals surface area (Å²) in [5, 5.41) is 2.98. The number of aryl methyl sites for hydroxylation is 1. The number of ether oxygens (including phenoxy) is 1. The Morgan fingerprint density at radius 3 is 2.30 bits per heavy atom. The molecule has 160 valence electrons. The number of piperazine rings is 1. The van der Waals surface area contributed by atoms with E-state index in [2.05, 4.69) is 44.1 Å². The maximum absolute atomic E-state index is 12.3. The van der Waals surface area contributed by atoms with Gasteiger partial charge in [0.1, 0.15) is 0 Å². The molecule has 2 aromatic carbocycles. The SMILES string of the molecule is COC(=O)CCCc1ccc(NC(=O)CCN2CCN(c3ccccc3)CC2)cc1. The number of para-hydroxylation sites is 1. The van der Waals surface area contributed by atoms with Gasteiger partial charge in [-0.25, -0.2) is 0 Å². The summed E-state index contributed by atoms with van der Waals surface area (Å²) in [5.74, 6) is -0.140. The molecule has 1 aliphatic rings. The third-order valence-electron chi connectivity index (χ3n) is 5.46. The minimum atomic E-state index is -0.180. The van der Waals surface area contributed by atoms with Gasteiger partial charge in [-0.05, 0) is 42.7 Å². The number of nitrogens with one attached hydrogen (secondary N) is 1. The number of carbonyl (C=O) groups excluding carboxylic acids is 2. The molecule has 0 aliphatic carbocycles. The smallest absolute Gasteiger partial charge is 0.305 e. The summed E-state index contributed by atoms with van der Waals surface area (Å²) < 4.78 is 4.65. The van der Waals surface area contributed by atoms with Gasteiger partial charge >= 0.3 is 5.97 Å². The fraction of sp³-hybridized carbons (Fsp3) is 0.417. The predicted molar refractivity (Wildman–Crippen MR) is 120 cm³/mol. The number of hydrogen-bond donors (Lipinski definition) is 1. The van der Waals surface area contributed by atoms with Crippen molar-refractivity contribution in [1.29, 1.82) is 0 Å². The lowest BCUT2D eigenvalue weighted by molar-refractivity contribution is -0.140. The van der Waals surface area contributed by atoms with E-state index in [0.29, 0.717) is 12.8 Å². The third-order valence-corrected chi connectivity index (χ3v) is 5.46. The summed E-state index contributed by atoms with van der Waals surface area (Å²) in [6.07, 6.45) is 2.50. The summed E-state index contributed by atoms with van der Waals surface area (Å²) in [5.41, 5.74) is 3.22. The van der Waals surface area contributed by atoms with Crippen LogP contribution in [0, 0.1) is 0 Å². The van der Waals surface area contributed by atoms with Crippen LogP contribution in [0.3, 0.4) is 0 Å². The van der Waals surface area contributed by atoms with Crippen molar-refractivity contribution in [1.82, 2.24) is 4.90 Å². The van der Waals surface area contributed by atoms with Crippen molar-refractivity contribution in [2.24, 2.45) is 0 Å². The van der Waals surface area contributed by atoms with Crippen LogP contribution in [0.25, 0.3) is 0 Å². The summed E-state index contributed by atoms with van der Waals surface area (Å²) in [7, 11) is 1.41. The van der Waals surface area contributed by atoms with Crippen molar-refractivity contribution in [2.45, 2.75) is 25.7 Å². The van der Waals surface area contributed by atoms with E-state index in [0.717, 1.165) is 56.8 Å². The van der Waals surface area contributed by atoms with Crippen molar-refractivity contribution in [2.75, 3.05) is 50.1 Å². The molecular weight excluding hydrogens is 378 g/mol. The average Bonchev–Trinajstić information content (AvgIpc) is 2.79. The Balaban J connectivity index is 1.34. The summed E-state index contributed by atoms with van der Waals surface area (Å²) in [4.78, 5) is 28.2. The molecule has 3 rings (SSSR count). The van der Waals surface area contributed by atoms with Crippen molar-refractivity contribution >= 4 is 23.3 Å². The molecule has 0 bridgehead atoms. The molecule has 0 saturated carbocycles. The lowest BCUT2D eigenvalue weighted by atomic mass is 10.1. The zero-order chi connectivity index (χ0) is 21.2. The Bertz CT molecular complexity index is 800. The molecule has 6 nitrogen and oxygen atoms in total. The third kappa shape index (κ3) is 6.88. The first kappa shape index (κ1) is 21.8.